The van der Waals surface area contributed by atoms with Crippen LogP contribution in [0.1, 0.15) is 12.5 Å². The Morgan fingerprint density at radius 2 is 1.90 bits per heavy atom. The van der Waals surface area contributed by atoms with Gasteiger partial charge in [-0.15, -0.1) is 0 Å². The normalized spacial score (nSPS) is 11.5. The first-order valence-corrected chi connectivity index (χ1v) is 3.25. The van der Waals surface area contributed by atoms with Gasteiger partial charge in [0.2, 0.25) is 0 Å². The number of aliphatic hydroxyl groups excluding tert-OH is 1. The lowest BCUT2D eigenvalue weighted by atomic mass is 10.2. The standard InChI is InChI=1S/C9H10O/c1-2-9(10)8-6-4-3-5-7-8/h2-7,10H,1H3. The van der Waals surface area contributed by atoms with E-state index in [0.717, 1.165) is 5.56 Å². The van der Waals surface area contributed by atoms with Crippen molar-refractivity contribution in [2.75, 3.05) is 0 Å². The van der Waals surface area contributed by atoms with Crippen LogP contribution in [0, 0.1) is 0 Å². The van der Waals surface area contributed by atoms with Gasteiger partial charge in [-0.2, -0.15) is 0 Å². The molecule has 0 saturated heterocycles. The van der Waals surface area contributed by atoms with Crippen molar-refractivity contribution in [2.45, 2.75) is 6.92 Å². The number of allylic oxidation sites excluding steroid dienone is 1. The molecule has 0 aliphatic carbocycles. The van der Waals surface area contributed by atoms with Gasteiger partial charge in [0, 0.05) is 5.56 Å². The highest BCUT2D eigenvalue weighted by molar-refractivity contribution is 5.57. The van der Waals surface area contributed by atoms with Crippen molar-refractivity contribution >= 4 is 5.76 Å². The van der Waals surface area contributed by atoms with E-state index in [1.54, 1.807) is 6.08 Å². The average Bonchev–Trinajstić information content (AvgIpc) is 2.05. The molecule has 1 aromatic rings. The van der Waals surface area contributed by atoms with Crippen LogP contribution in [-0.2, 0) is 0 Å². The molecule has 0 amide bonds. The third kappa shape index (κ3) is 1.38. The fourth-order valence-electron chi connectivity index (χ4n) is 0.776. The molecule has 1 aromatic carbocycles. The van der Waals surface area contributed by atoms with E-state index in [1.165, 1.54) is 0 Å². The maximum Gasteiger partial charge on any atom is 0.118 e. The van der Waals surface area contributed by atoms with Crippen molar-refractivity contribution in [1.29, 1.82) is 0 Å². The van der Waals surface area contributed by atoms with E-state index < -0.39 is 0 Å². The van der Waals surface area contributed by atoms with Crippen molar-refractivity contribution in [3.8, 4) is 0 Å². The average molecular weight is 134 g/mol. The zero-order valence-corrected chi connectivity index (χ0v) is 5.91. The fourth-order valence-corrected chi connectivity index (χ4v) is 0.776. The van der Waals surface area contributed by atoms with Gasteiger partial charge < -0.3 is 5.11 Å². The van der Waals surface area contributed by atoms with Crippen LogP contribution in [0.5, 0.6) is 0 Å². The largest absolute Gasteiger partial charge is 0.508 e. The van der Waals surface area contributed by atoms with Crippen LogP contribution in [0.15, 0.2) is 36.4 Å². The van der Waals surface area contributed by atoms with E-state index in [-0.39, 0.29) is 0 Å². The lowest BCUT2D eigenvalue weighted by Crippen LogP contribution is -1.78. The lowest BCUT2D eigenvalue weighted by Gasteiger charge is -1.95. The molecule has 52 valence electrons. The van der Waals surface area contributed by atoms with Gasteiger partial charge >= 0.3 is 0 Å². The lowest BCUT2D eigenvalue weighted by molar-refractivity contribution is 0.511. The van der Waals surface area contributed by atoms with Gasteiger partial charge in [-0.05, 0) is 13.0 Å². The molecule has 0 aliphatic heterocycles. The molecular weight excluding hydrogens is 124 g/mol. The molecule has 0 heterocycles. The molecular formula is C9H10O. The fraction of sp³-hybridized carbons (Fsp3) is 0.111. The number of aliphatic hydroxyl groups is 1. The highest BCUT2D eigenvalue weighted by Crippen LogP contribution is 2.08. The van der Waals surface area contributed by atoms with Crippen molar-refractivity contribution in [1.82, 2.24) is 0 Å². The van der Waals surface area contributed by atoms with Crippen LogP contribution < -0.4 is 0 Å². The molecule has 1 nitrogen and oxygen atoms in total. The molecule has 0 spiro atoms. The van der Waals surface area contributed by atoms with E-state index in [1.807, 2.05) is 37.3 Å². The van der Waals surface area contributed by atoms with Crippen LogP contribution >= 0.6 is 0 Å². The molecule has 10 heavy (non-hydrogen) atoms. The van der Waals surface area contributed by atoms with Gasteiger partial charge in [0.1, 0.15) is 5.76 Å². The minimum atomic E-state index is 0.334. The Labute approximate surface area is 60.6 Å². The first-order valence-electron chi connectivity index (χ1n) is 3.25. The second kappa shape index (κ2) is 3.06. The summed E-state index contributed by atoms with van der Waals surface area (Å²) in [5, 5.41) is 9.19. The summed E-state index contributed by atoms with van der Waals surface area (Å²) in [6.45, 7) is 1.81. The van der Waals surface area contributed by atoms with Crippen LogP contribution in [0.2, 0.25) is 0 Å². The third-order valence-electron chi connectivity index (χ3n) is 1.34. The Kier molecular flexibility index (Phi) is 2.11. The van der Waals surface area contributed by atoms with Crippen LogP contribution in [0.3, 0.4) is 0 Å². The highest BCUT2D eigenvalue weighted by Gasteiger charge is 1.91. The Morgan fingerprint density at radius 1 is 1.30 bits per heavy atom. The molecule has 0 bridgehead atoms. The number of hydrogen-bond donors (Lipinski definition) is 1. The third-order valence-corrected chi connectivity index (χ3v) is 1.34. The number of benzene rings is 1. The second-order valence-electron chi connectivity index (χ2n) is 2.04. The quantitative estimate of drug-likeness (QED) is 0.585. The Balaban J connectivity index is 2.96. The molecule has 1 heteroatoms. The second-order valence-corrected chi connectivity index (χ2v) is 2.04. The summed E-state index contributed by atoms with van der Waals surface area (Å²) in [4.78, 5) is 0. The summed E-state index contributed by atoms with van der Waals surface area (Å²) in [6.07, 6.45) is 1.68. The molecule has 0 aromatic heterocycles. The van der Waals surface area contributed by atoms with Gasteiger partial charge in [-0.3, -0.25) is 0 Å². The molecule has 1 N–H and O–H groups in total. The van der Waals surface area contributed by atoms with Crippen LogP contribution in [-0.4, -0.2) is 5.11 Å². The molecule has 0 radical (unpaired) electrons. The molecule has 0 fully saturated rings. The molecule has 0 aliphatic rings. The Bertz CT molecular complexity index is 224. The van der Waals surface area contributed by atoms with E-state index >= 15 is 0 Å². The molecule has 0 unspecified atom stereocenters. The van der Waals surface area contributed by atoms with E-state index in [2.05, 4.69) is 0 Å². The van der Waals surface area contributed by atoms with E-state index in [9.17, 15) is 5.11 Å². The van der Waals surface area contributed by atoms with Crippen molar-refractivity contribution in [2.24, 2.45) is 0 Å². The topological polar surface area (TPSA) is 20.2 Å². The van der Waals surface area contributed by atoms with Crippen molar-refractivity contribution in [3.63, 3.8) is 0 Å². The monoisotopic (exact) mass is 134 g/mol. The molecule has 1 rings (SSSR count). The van der Waals surface area contributed by atoms with Gasteiger partial charge in [0.05, 0.1) is 0 Å². The van der Waals surface area contributed by atoms with E-state index in [0.29, 0.717) is 5.76 Å². The smallest absolute Gasteiger partial charge is 0.118 e. The van der Waals surface area contributed by atoms with E-state index in [4.69, 9.17) is 0 Å². The summed E-state index contributed by atoms with van der Waals surface area (Å²) >= 11 is 0. The van der Waals surface area contributed by atoms with Crippen LogP contribution in [0.4, 0.5) is 0 Å². The Morgan fingerprint density at radius 3 is 2.40 bits per heavy atom. The zero-order chi connectivity index (χ0) is 7.40. The predicted octanol–water partition coefficient (Wildman–Crippen LogP) is 2.61. The maximum atomic E-state index is 9.19. The van der Waals surface area contributed by atoms with Crippen molar-refractivity contribution in [3.05, 3.63) is 42.0 Å². The Hall–Kier alpha value is -1.24. The van der Waals surface area contributed by atoms with Crippen molar-refractivity contribution < 1.29 is 5.11 Å². The molecule has 0 atom stereocenters. The van der Waals surface area contributed by atoms with Crippen LogP contribution in [0.25, 0.3) is 5.76 Å². The SMILES string of the molecule is CC=C(O)c1ccccc1. The van der Waals surface area contributed by atoms with Gasteiger partial charge in [0.15, 0.2) is 0 Å². The summed E-state index contributed by atoms with van der Waals surface area (Å²) in [5.74, 6) is 0.334. The number of rotatable bonds is 1. The first kappa shape index (κ1) is 6.87. The van der Waals surface area contributed by atoms with Gasteiger partial charge in [0.25, 0.3) is 0 Å². The summed E-state index contributed by atoms with van der Waals surface area (Å²) < 4.78 is 0. The maximum absolute atomic E-state index is 9.19. The summed E-state index contributed by atoms with van der Waals surface area (Å²) in [7, 11) is 0. The minimum Gasteiger partial charge on any atom is -0.508 e. The predicted molar refractivity (Wildman–Crippen MR) is 42.7 cm³/mol. The zero-order valence-electron chi connectivity index (χ0n) is 5.91. The van der Waals surface area contributed by atoms with Gasteiger partial charge in [-0.25, -0.2) is 0 Å². The van der Waals surface area contributed by atoms with Gasteiger partial charge in [-0.1, -0.05) is 30.3 Å². The number of hydrogen-bond acceptors (Lipinski definition) is 1. The minimum absolute atomic E-state index is 0.334. The summed E-state index contributed by atoms with van der Waals surface area (Å²) in [6, 6.07) is 9.46. The summed E-state index contributed by atoms with van der Waals surface area (Å²) in [5.41, 5.74) is 0.866. The highest BCUT2D eigenvalue weighted by atomic mass is 16.3. The molecule has 0 saturated carbocycles. The first-order chi connectivity index (χ1) is 4.84.